The normalized spacial score (nSPS) is 10.7. The quantitative estimate of drug-likeness (QED) is 0.787. The summed E-state index contributed by atoms with van der Waals surface area (Å²) in [5, 5.41) is 8.79. The Bertz CT molecular complexity index is 502. The first-order valence-corrected chi connectivity index (χ1v) is 5.40. The van der Waals surface area contributed by atoms with Gasteiger partial charge in [-0.25, -0.2) is 4.79 Å². The summed E-state index contributed by atoms with van der Waals surface area (Å²) in [6.45, 7) is 4.49. The third kappa shape index (κ3) is 2.79. The minimum Gasteiger partial charge on any atom is -0.477 e. The van der Waals surface area contributed by atoms with Crippen LogP contribution >= 0.6 is 12.2 Å². The zero-order valence-corrected chi connectivity index (χ0v) is 10.0. The topological polar surface area (TPSA) is 75.1 Å². The smallest absolute Gasteiger partial charge is 0.342 e. The molecule has 6 heteroatoms. The molecule has 0 amide bonds. The van der Waals surface area contributed by atoms with E-state index in [9.17, 15) is 9.59 Å². The summed E-state index contributed by atoms with van der Waals surface area (Å²) in [6.07, 6.45) is 1.92. The maximum absolute atomic E-state index is 11.7. The van der Waals surface area contributed by atoms with Crippen LogP contribution in [0, 0.1) is 10.7 Å². The van der Waals surface area contributed by atoms with Gasteiger partial charge < -0.3 is 10.1 Å². The fourth-order valence-corrected chi connectivity index (χ4v) is 1.49. The van der Waals surface area contributed by atoms with Crippen molar-refractivity contribution < 1.29 is 9.90 Å². The van der Waals surface area contributed by atoms with E-state index in [0.29, 0.717) is 12.5 Å². The van der Waals surface area contributed by atoms with Gasteiger partial charge >= 0.3 is 5.97 Å². The van der Waals surface area contributed by atoms with Crippen molar-refractivity contribution >= 4 is 18.2 Å². The number of aromatic amines is 1. The van der Waals surface area contributed by atoms with Gasteiger partial charge in [-0.05, 0) is 24.6 Å². The second-order valence-corrected chi connectivity index (χ2v) is 4.34. The van der Waals surface area contributed by atoms with Crippen molar-refractivity contribution in [1.29, 1.82) is 0 Å². The summed E-state index contributed by atoms with van der Waals surface area (Å²) in [4.78, 5) is 25.1. The molecule has 0 atom stereocenters. The molecule has 0 aliphatic carbocycles. The van der Waals surface area contributed by atoms with Crippen LogP contribution in [0.3, 0.4) is 0 Å². The Morgan fingerprint density at radius 2 is 2.25 bits per heavy atom. The van der Waals surface area contributed by atoms with E-state index in [1.54, 1.807) is 0 Å². The zero-order valence-electron chi connectivity index (χ0n) is 9.19. The van der Waals surface area contributed by atoms with Crippen LogP contribution in [0.5, 0.6) is 0 Å². The Morgan fingerprint density at radius 1 is 1.62 bits per heavy atom. The Hall–Kier alpha value is -1.43. The van der Waals surface area contributed by atoms with E-state index in [4.69, 9.17) is 17.3 Å². The molecule has 0 saturated carbocycles. The van der Waals surface area contributed by atoms with Crippen molar-refractivity contribution in [3.05, 3.63) is 26.9 Å². The van der Waals surface area contributed by atoms with E-state index in [1.807, 2.05) is 13.8 Å². The number of nitrogens with one attached hydrogen (secondary N) is 1. The number of hydrogen-bond acceptors (Lipinski definition) is 3. The molecule has 1 heterocycles. The molecule has 1 aromatic rings. The molecule has 5 nitrogen and oxygen atoms in total. The van der Waals surface area contributed by atoms with Crippen LogP contribution in [-0.4, -0.2) is 20.6 Å². The summed E-state index contributed by atoms with van der Waals surface area (Å²) < 4.78 is 1.55. The van der Waals surface area contributed by atoms with Gasteiger partial charge in [-0.2, -0.15) is 0 Å². The Balaban J connectivity index is 3.17. The SMILES string of the molecule is CC(C)CCn1c(=S)[nH]cc(C(=O)O)c1=O. The van der Waals surface area contributed by atoms with Gasteiger partial charge in [0.15, 0.2) is 4.77 Å². The molecule has 0 fully saturated rings. The van der Waals surface area contributed by atoms with E-state index >= 15 is 0 Å². The van der Waals surface area contributed by atoms with Crippen molar-refractivity contribution in [3.63, 3.8) is 0 Å². The van der Waals surface area contributed by atoms with Crippen LogP contribution in [0.1, 0.15) is 30.6 Å². The highest BCUT2D eigenvalue weighted by atomic mass is 32.1. The predicted octanol–water partition coefficient (Wildman–Crippen LogP) is 1.65. The number of nitrogens with zero attached hydrogens (tertiary/aromatic N) is 1. The van der Waals surface area contributed by atoms with Crippen molar-refractivity contribution in [2.45, 2.75) is 26.8 Å². The van der Waals surface area contributed by atoms with Gasteiger partial charge in [0.2, 0.25) is 0 Å². The highest BCUT2D eigenvalue weighted by molar-refractivity contribution is 7.71. The Labute approximate surface area is 97.7 Å². The van der Waals surface area contributed by atoms with Gasteiger partial charge in [-0.15, -0.1) is 0 Å². The summed E-state index contributed by atoms with van der Waals surface area (Å²) >= 11 is 4.95. The van der Waals surface area contributed by atoms with Gasteiger partial charge in [0.25, 0.3) is 5.56 Å². The second-order valence-electron chi connectivity index (χ2n) is 3.95. The van der Waals surface area contributed by atoms with Crippen LogP contribution in [0.25, 0.3) is 0 Å². The highest BCUT2D eigenvalue weighted by Crippen LogP contribution is 2.01. The lowest BCUT2D eigenvalue weighted by molar-refractivity contribution is 0.0693. The van der Waals surface area contributed by atoms with Crippen molar-refractivity contribution in [2.75, 3.05) is 0 Å². The number of aromatic nitrogens is 2. The summed E-state index contributed by atoms with van der Waals surface area (Å²) in [6, 6.07) is 0. The molecule has 0 aromatic carbocycles. The maximum Gasteiger partial charge on any atom is 0.342 e. The molecule has 0 aliphatic rings. The first-order chi connectivity index (χ1) is 7.43. The molecule has 0 bridgehead atoms. The van der Waals surface area contributed by atoms with Crippen LogP contribution < -0.4 is 5.56 Å². The van der Waals surface area contributed by atoms with Gasteiger partial charge in [-0.1, -0.05) is 13.8 Å². The molecule has 1 aromatic heterocycles. The van der Waals surface area contributed by atoms with Gasteiger partial charge in [0, 0.05) is 12.7 Å². The Morgan fingerprint density at radius 3 is 2.75 bits per heavy atom. The molecular formula is C10H14N2O3S. The lowest BCUT2D eigenvalue weighted by Gasteiger charge is -2.08. The van der Waals surface area contributed by atoms with Gasteiger partial charge in [0.05, 0.1) is 0 Å². The lowest BCUT2D eigenvalue weighted by atomic mass is 10.1. The third-order valence-electron chi connectivity index (χ3n) is 2.22. The molecule has 0 aliphatic heterocycles. The number of rotatable bonds is 4. The minimum atomic E-state index is -1.24. The van der Waals surface area contributed by atoms with Gasteiger partial charge in [-0.3, -0.25) is 9.36 Å². The first-order valence-electron chi connectivity index (χ1n) is 4.99. The molecule has 0 unspecified atom stereocenters. The van der Waals surface area contributed by atoms with E-state index in [1.165, 1.54) is 4.57 Å². The highest BCUT2D eigenvalue weighted by Gasteiger charge is 2.11. The van der Waals surface area contributed by atoms with Crippen molar-refractivity contribution in [1.82, 2.24) is 9.55 Å². The molecule has 88 valence electrons. The third-order valence-corrected chi connectivity index (χ3v) is 2.56. The largest absolute Gasteiger partial charge is 0.477 e. The molecule has 16 heavy (non-hydrogen) atoms. The molecular weight excluding hydrogens is 228 g/mol. The van der Waals surface area contributed by atoms with E-state index in [-0.39, 0.29) is 10.3 Å². The Kier molecular flexibility index (Phi) is 4.00. The minimum absolute atomic E-state index is 0.260. The van der Waals surface area contributed by atoms with Gasteiger partial charge in [0.1, 0.15) is 5.56 Å². The molecule has 2 N–H and O–H groups in total. The molecule has 1 rings (SSSR count). The van der Waals surface area contributed by atoms with Crippen LogP contribution in [0.2, 0.25) is 0 Å². The number of aromatic carboxylic acids is 1. The number of carboxylic acids is 1. The van der Waals surface area contributed by atoms with Crippen molar-refractivity contribution in [3.8, 4) is 0 Å². The first kappa shape index (κ1) is 12.6. The number of hydrogen-bond donors (Lipinski definition) is 2. The standard InChI is InChI=1S/C10H14N2O3S/c1-6(2)3-4-12-8(13)7(9(14)15)5-11-10(12)16/h5-6H,3-4H2,1-2H3,(H,11,16)(H,14,15). The summed E-state index contributed by atoms with van der Waals surface area (Å²) in [5.74, 6) is -0.815. The number of carboxylic acid groups (broad SMARTS) is 1. The summed E-state index contributed by atoms with van der Waals surface area (Å²) in [7, 11) is 0. The number of carbonyl (C=O) groups is 1. The maximum atomic E-state index is 11.7. The fourth-order valence-electron chi connectivity index (χ4n) is 1.25. The van der Waals surface area contributed by atoms with E-state index < -0.39 is 11.5 Å². The molecule has 0 saturated heterocycles. The van der Waals surface area contributed by atoms with Crippen LogP contribution in [0.15, 0.2) is 11.0 Å². The lowest BCUT2D eigenvalue weighted by Crippen LogP contribution is -2.28. The predicted molar refractivity (Wildman–Crippen MR) is 62.3 cm³/mol. The summed E-state index contributed by atoms with van der Waals surface area (Å²) in [5.41, 5.74) is -0.825. The van der Waals surface area contributed by atoms with Crippen LogP contribution in [-0.2, 0) is 6.54 Å². The van der Waals surface area contributed by atoms with Crippen molar-refractivity contribution in [2.24, 2.45) is 5.92 Å². The average Bonchev–Trinajstić information content (AvgIpc) is 2.16. The fraction of sp³-hybridized carbons (Fsp3) is 0.500. The van der Waals surface area contributed by atoms with Crippen LogP contribution in [0.4, 0.5) is 0 Å². The second kappa shape index (κ2) is 5.07. The number of H-pyrrole nitrogens is 1. The molecule has 0 radical (unpaired) electrons. The monoisotopic (exact) mass is 242 g/mol. The molecule has 0 spiro atoms. The van der Waals surface area contributed by atoms with E-state index in [2.05, 4.69) is 4.98 Å². The average molecular weight is 242 g/mol. The van der Waals surface area contributed by atoms with E-state index in [0.717, 1.165) is 12.6 Å². The zero-order chi connectivity index (χ0) is 12.3.